The van der Waals surface area contributed by atoms with Crippen molar-refractivity contribution < 1.29 is 23.9 Å². The Morgan fingerprint density at radius 3 is 2.36 bits per heavy atom. The minimum Gasteiger partial charge on any atom is -0.467 e. The van der Waals surface area contributed by atoms with E-state index < -0.39 is 12.0 Å². The molecule has 1 heterocycles. The molecule has 0 saturated carbocycles. The van der Waals surface area contributed by atoms with Crippen LogP contribution in [0.4, 0.5) is 4.79 Å². The standard InChI is InChI=1S/C21H30N2O5/c1-15(2)13-18(20(25)27-3)22-19(24)17-9-11-23(12-10-17)21(26)28-14-16-7-5-4-6-8-16/h4-8,15,17-18H,9-14H2,1-3H3,(H,22,24). The molecule has 2 rings (SSSR count). The van der Waals surface area contributed by atoms with Crippen LogP contribution in [-0.2, 0) is 25.7 Å². The molecule has 1 aromatic rings. The van der Waals surface area contributed by atoms with Crippen molar-refractivity contribution in [2.75, 3.05) is 20.2 Å². The molecule has 28 heavy (non-hydrogen) atoms. The maximum Gasteiger partial charge on any atom is 0.410 e. The van der Waals surface area contributed by atoms with Crippen molar-refractivity contribution >= 4 is 18.0 Å². The van der Waals surface area contributed by atoms with E-state index in [1.165, 1.54) is 7.11 Å². The molecule has 0 bridgehead atoms. The van der Waals surface area contributed by atoms with Gasteiger partial charge in [0.2, 0.25) is 5.91 Å². The number of hydrogen-bond donors (Lipinski definition) is 1. The first-order valence-corrected chi connectivity index (χ1v) is 9.74. The van der Waals surface area contributed by atoms with E-state index in [1.807, 2.05) is 44.2 Å². The third-order valence-electron chi connectivity index (χ3n) is 4.84. The number of rotatable bonds is 7. The van der Waals surface area contributed by atoms with Crippen LogP contribution < -0.4 is 5.32 Å². The number of carbonyl (C=O) groups excluding carboxylic acids is 3. The molecule has 7 heteroatoms. The molecule has 1 N–H and O–H groups in total. The van der Waals surface area contributed by atoms with Crippen LogP contribution >= 0.6 is 0 Å². The summed E-state index contributed by atoms with van der Waals surface area (Å²) in [6.07, 6.45) is 1.25. The highest BCUT2D eigenvalue weighted by Gasteiger charge is 2.31. The number of piperidine rings is 1. The fourth-order valence-electron chi connectivity index (χ4n) is 3.25. The largest absolute Gasteiger partial charge is 0.467 e. The Balaban J connectivity index is 1.79. The van der Waals surface area contributed by atoms with Crippen LogP contribution in [0.3, 0.4) is 0 Å². The molecular formula is C21H30N2O5. The fourth-order valence-corrected chi connectivity index (χ4v) is 3.25. The third kappa shape index (κ3) is 6.55. The smallest absolute Gasteiger partial charge is 0.410 e. The molecule has 1 fully saturated rings. The lowest BCUT2D eigenvalue weighted by Crippen LogP contribution is -2.48. The van der Waals surface area contributed by atoms with Gasteiger partial charge in [0.25, 0.3) is 0 Å². The fraction of sp³-hybridized carbons (Fsp3) is 0.571. The summed E-state index contributed by atoms with van der Waals surface area (Å²) in [5, 5.41) is 2.81. The zero-order valence-corrected chi connectivity index (χ0v) is 16.8. The molecule has 1 aromatic carbocycles. The summed E-state index contributed by atoms with van der Waals surface area (Å²) in [4.78, 5) is 38.3. The molecule has 0 aliphatic carbocycles. The van der Waals surface area contributed by atoms with Gasteiger partial charge in [-0.2, -0.15) is 0 Å². The zero-order valence-electron chi connectivity index (χ0n) is 16.8. The Hall–Kier alpha value is -2.57. The Labute approximate surface area is 166 Å². The van der Waals surface area contributed by atoms with E-state index in [0.29, 0.717) is 32.4 Å². The highest BCUT2D eigenvalue weighted by molar-refractivity contribution is 5.85. The van der Waals surface area contributed by atoms with Crippen LogP contribution in [0, 0.1) is 11.8 Å². The van der Waals surface area contributed by atoms with E-state index in [4.69, 9.17) is 9.47 Å². The van der Waals surface area contributed by atoms with Crippen LogP contribution in [0.5, 0.6) is 0 Å². The number of ether oxygens (including phenoxy) is 2. The topological polar surface area (TPSA) is 84.9 Å². The number of methoxy groups -OCH3 is 1. The molecule has 1 aliphatic rings. The second kappa shape index (κ2) is 10.7. The lowest BCUT2D eigenvalue weighted by Gasteiger charge is -2.31. The highest BCUT2D eigenvalue weighted by Crippen LogP contribution is 2.19. The van der Waals surface area contributed by atoms with Gasteiger partial charge in [-0.1, -0.05) is 44.2 Å². The van der Waals surface area contributed by atoms with Gasteiger partial charge in [-0.05, 0) is 30.7 Å². The average molecular weight is 390 g/mol. The van der Waals surface area contributed by atoms with Crippen LogP contribution in [0.15, 0.2) is 30.3 Å². The summed E-state index contributed by atoms with van der Waals surface area (Å²) in [5.74, 6) is -0.555. The van der Waals surface area contributed by atoms with Gasteiger partial charge >= 0.3 is 12.1 Å². The van der Waals surface area contributed by atoms with Crippen molar-refractivity contribution in [3.63, 3.8) is 0 Å². The first-order chi connectivity index (χ1) is 13.4. The first kappa shape index (κ1) is 21.7. The molecule has 1 atom stereocenters. The van der Waals surface area contributed by atoms with Crippen molar-refractivity contribution in [2.24, 2.45) is 11.8 Å². The maximum atomic E-state index is 12.5. The molecule has 2 amide bonds. The summed E-state index contributed by atoms with van der Waals surface area (Å²) in [6, 6.07) is 8.87. The van der Waals surface area contributed by atoms with Gasteiger partial charge in [-0.15, -0.1) is 0 Å². The predicted molar refractivity (Wildman–Crippen MR) is 104 cm³/mol. The van der Waals surface area contributed by atoms with Crippen LogP contribution in [-0.4, -0.2) is 49.1 Å². The van der Waals surface area contributed by atoms with Crippen molar-refractivity contribution in [1.29, 1.82) is 0 Å². The summed E-state index contributed by atoms with van der Waals surface area (Å²) in [5.41, 5.74) is 0.934. The van der Waals surface area contributed by atoms with E-state index >= 15 is 0 Å². The third-order valence-corrected chi connectivity index (χ3v) is 4.84. The van der Waals surface area contributed by atoms with E-state index in [2.05, 4.69) is 5.32 Å². The molecular weight excluding hydrogens is 360 g/mol. The Morgan fingerprint density at radius 2 is 1.79 bits per heavy atom. The number of carbonyl (C=O) groups is 3. The molecule has 154 valence electrons. The van der Waals surface area contributed by atoms with E-state index in [9.17, 15) is 14.4 Å². The quantitative estimate of drug-likeness (QED) is 0.724. The highest BCUT2D eigenvalue weighted by atomic mass is 16.6. The number of likely N-dealkylation sites (tertiary alicyclic amines) is 1. The first-order valence-electron chi connectivity index (χ1n) is 9.74. The van der Waals surface area contributed by atoms with Crippen LogP contribution in [0.2, 0.25) is 0 Å². The van der Waals surface area contributed by atoms with Crippen molar-refractivity contribution in [3.8, 4) is 0 Å². The second-order valence-electron chi connectivity index (χ2n) is 7.52. The molecule has 7 nitrogen and oxygen atoms in total. The lowest BCUT2D eigenvalue weighted by molar-refractivity contribution is -0.146. The van der Waals surface area contributed by atoms with Gasteiger partial charge in [0.05, 0.1) is 7.11 Å². The maximum absolute atomic E-state index is 12.5. The normalized spacial score (nSPS) is 15.8. The van der Waals surface area contributed by atoms with Gasteiger partial charge < -0.3 is 19.7 Å². The molecule has 0 aromatic heterocycles. The SMILES string of the molecule is COC(=O)C(CC(C)C)NC(=O)C1CCN(C(=O)OCc2ccccc2)CC1. The van der Waals surface area contributed by atoms with Crippen molar-refractivity contribution in [3.05, 3.63) is 35.9 Å². The Bertz CT molecular complexity index is 654. The monoisotopic (exact) mass is 390 g/mol. The minimum atomic E-state index is -0.633. The predicted octanol–water partition coefficient (Wildman–Crippen LogP) is 2.74. The molecule has 0 spiro atoms. The van der Waals surface area contributed by atoms with Gasteiger partial charge in [0, 0.05) is 19.0 Å². The number of nitrogens with one attached hydrogen (secondary N) is 1. The molecule has 1 aliphatic heterocycles. The second-order valence-corrected chi connectivity index (χ2v) is 7.52. The number of hydrogen-bond acceptors (Lipinski definition) is 5. The number of esters is 1. The van der Waals surface area contributed by atoms with Gasteiger partial charge in [0.15, 0.2) is 0 Å². The van der Waals surface area contributed by atoms with Crippen molar-refractivity contribution in [1.82, 2.24) is 10.2 Å². The van der Waals surface area contributed by atoms with E-state index in [-0.39, 0.29) is 30.4 Å². The van der Waals surface area contributed by atoms with Gasteiger partial charge in [-0.25, -0.2) is 9.59 Å². The van der Waals surface area contributed by atoms with Gasteiger partial charge in [-0.3, -0.25) is 4.79 Å². The van der Waals surface area contributed by atoms with Crippen LogP contribution in [0.25, 0.3) is 0 Å². The average Bonchev–Trinajstić information content (AvgIpc) is 2.71. The Morgan fingerprint density at radius 1 is 1.14 bits per heavy atom. The van der Waals surface area contributed by atoms with E-state index in [1.54, 1.807) is 4.90 Å². The van der Waals surface area contributed by atoms with Crippen molar-refractivity contribution in [2.45, 2.75) is 45.8 Å². The number of amides is 2. The molecule has 0 radical (unpaired) electrons. The zero-order chi connectivity index (χ0) is 20.5. The summed E-state index contributed by atoms with van der Waals surface area (Å²) in [7, 11) is 1.32. The van der Waals surface area contributed by atoms with Crippen LogP contribution in [0.1, 0.15) is 38.7 Å². The summed E-state index contributed by atoms with van der Waals surface area (Å²) in [6.45, 7) is 5.12. The lowest BCUT2D eigenvalue weighted by atomic mass is 9.95. The number of nitrogens with zero attached hydrogens (tertiary/aromatic N) is 1. The summed E-state index contributed by atoms with van der Waals surface area (Å²) >= 11 is 0. The summed E-state index contributed by atoms with van der Waals surface area (Å²) < 4.78 is 10.1. The molecule has 1 unspecified atom stereocenters. The molecule has 1 saturated heterocycles. The Kier molecular flexibility index (Phi) is 8.29. The minimum absolute atomic E-state index is 0.159. The van der Waals surface area contributed by atoms with Gasteiger partial charge in [0.1, 0.15) is 12.6 Å². The number of benzene rings is 1. The van der Waals surface area contributed by atoms with E-state index in [0.717, 1.165) is 5.56 Å².